The summed E-state index contributed by atoms with van der Waals surface area (Å²) in [4.78, 5) is 16.8. The molecular formula is C20H17N5O2. The Kier molecular flexibility index (Phi) is 4.49. The van der Waals surface area contributed by atoms with Crippen LogP contribution in [0.25, 0.3) is 16.9 Å². The summed E-state index contributed by atoms with van der Waals surface area (Å²) in [6.45, 7) is 0.431. The molecule has 0 saturated carbocycles. The minimum atomic E-state index is -0.162. The molecule has 7 heteroatoms. The summed E-state index contributed by atoms with van der Waals surface area (Å²) >= 11 is 0. The third-order valence-electron chi connectivity index (χ3n) is 4.17. The Labute approximate surface area is 155 Å². The molecule has 1 amide bonds. The van der Waals surface area contributed by atoms with Gasteiger partial charge in [-0.15, -0.1) is 5.10 Å². The Bertz CT molecular complexity index is 1090. The summed E-state index contributed by atoms with van der Waals surface area (Å²) in [5.74, 6) is 0.622. The van der Waals surface area contributed by atoms with Gasteiger partial charge in [0.1, 0.15) is 11.3 Å². The van der Waals surface area contributed by atoms with Crippen LogP contribution in [0.15, 0.2) is 66.9 Å². The van der Waals surface area contributed by atoms with Crippen molar-refractivity contribution in [2.45, 2.75) is 6.54 Å². The van der Waals surface area contributed by atoms with Crippen LogP contribution in [0.2, 0.25) is 0 Å². The van der Waals surface area contributed by atoms with Gasteiger partial charge in [0.15, 0.2) is 5.65 Å². The molecule has 2 aromatic carbocycles. The predicted octanol–water partition coefficient (Wildman–Crippen LogP) is 2.75. The number of pyridine rings is 1. The van der Waals surface area contributed by atoms with Crippen molar-refractivity contribution in [2.75, 3.05) is 7.11 Å². The Morgan fingerprint density at radius 1 is 1.11 bits per heavy atom. The number of amides is 1. The second kappa shape index (κ2) is 7.25. The highest BCUT2D eigenvalue weighted by Gasteiger charge is 2.11. The zero-order valence-electron chi connectivity index (χ0n) is 14.7. The topological polar surface area (TPSA) is 81.9 Å². The quantitative estimate of drug-likeness (QED) is 0.592. The lowest BCUT2D eigenvalue weighted by Gasteiger charge is -2.08. The van der Waals surface area contributed by atoms with E-state index >= 15 is 0 Å². The van der Waals surface area contributed by atoms with Gasteiger partial charge in [-0.2, -0.15) is 4.68 Å². The maximum Gasteiger partial charge on any atom is 0.251 e. The number of fused-ring (bicyclic) bond motifs is 1. The SMILES string of the molecule is COc1ccc(CNC(=O)c2cccc(-n3nnc4cccnc43)c2)cc1. The molecule has 0 fully saturated rings. The molecule has 0 aliphatic rings. The van der Waals surface area contributed by atoms with Crippen LogP contribution in [-0.2, 0) is 6.54 Å². The van der Waals surface area contributed by atoms with E-state index in [4.69, 9.17) is 4.74 Å². The van der Waals surface area contributed by atoms with Gasteiger partial charge in [0.2, 0.25) is 0 Å². The fourth-order valence-electron chi connectivity index (χ4n) is 2.75. The molecule has 0 radical (unpaired) electrons. The van der Waals surface area contributed by atoms with Gasteiger partial charge in [0.25, 0.3) is 5.91 Å². The molecule has 0 saturated heterocycles. The monoisotopic (exact) mass is 359 g/mol. The number of carbonyl (C=O) groups is 1. The Morgan fingerprint density at radius 2 is 1.96 bits per heavy atom. The molecule has 4 rings (SSSR count). The van der Waals surface area contributed by atoms with E-state index < -0.39 is 0 Å². The molecule has 2 heterocycles. The molecule has 134 valence electrons. The van der Waals surface area contributed by atoms with Gasteiger partial charge in [0, 0.05) is 18.3 Å². The first kappa shape index (κ1) is 16.7. The molecule has 0 aliphatic carbocycles. The van der Waals surface area contributed by atoms with Gasteiger partial charge >= 0.3 is 0 Å². The van der Waals surface area contributed by atoms with E-state index in [-0.39, 0.29) is 5.91 Å². The number of carbonyl (C=O) groups excluding carboxylic acids is 1. The van der Waals surface area contributed by atoms with E-state index in [1.54, 1.807) is 30.1 Å². The molecular weight excluding hydrogens is 342 g/mol. The van der Waals surface area contributed by atoms with Crippen molar-refractivity contribution in [3.05, 3.63) is 78.0 Å². The molecule has 1 N–H and O–H groups in total. The number of benzene rings is 2. The van der Waals surface area contributed by atoms with Crippen LogP contribution in [0.3, 0.4) is 0 Å². The highest BCUT2D eigenvalue weighted by Crippen LogP contribution is 2.16. The fourth-order valence-corrected chi connectivity index (χ4v) is 2.75. The van der Waals surface area contributed by atoms with Crippen LogP contribution in [0.4, 0.5) is 0 Å². The lowest BCUT2D eigenvalue weighted by Crippen LogP contribution is -2.22. The largest absolute Gasteiger partial charge is 0.497 e. The van der Waals surface area contributed by atoms with Crippen molar-refractivity contribution >= 4 is 17.1 Å². The smallest absolute Gasteiger partial charge is 0.251 e. The highest BCUT2D eigenvalue weighted by atomic mass is 16.5. The maximum absolute atomic E-state index is 12.5. The summed E-state index contributed by atoms with van der Waals surface area (Å²) in [6.07, 6.45) is 1.69. The number of nitrogens with one attached hydrogen (secondary N) is 1. The predicted molar refractivity (Wildman–Crippen MR) is 101 cm³/mol. The van der Waals surface area contributed by atoms with Crippen molar-refractivity contribution in [3.8, 4) is 11.4 Å². The summed E-state index contributed by atoms with van der Waals surface area (Å²) in [5, 5.41) is 11.2. The summed E-state index contributed by atoms with van der Waals surface area (Å²) in [6, 6.07) is 18.4. The number of hydrogen-bond acceptors (Lipinski definition) is 5. The average Bonchev–Trinajstić information content (AvgIpc) is 3.16. The third-order valence-corrected chi connectivity index (χ3v) is 4.17. The maximum atomic E-state index is 12.5. The van der Waals surface area contributed by atoms with Crippen molar-refractivity contribution in [1.82, 2.24) is 25.3 Å². The minimum absolute atomic E-state index is 0.162. The van der Waals surface area contributed by atoms with Gasteiger partial charge < -0.3 is 10.1 Å². The van der Waals surface area contributed by atoms with Crippen molar-refractivity contribution in [2.24, 2.45) is 0 Å². The van der Waals surface area contributed by atoms with Gasteiger partial charge in [-0.3, -0.25) is 4.79 Å². The van der Waals surface area contributed by atoms with Gasteiger partial charge in [-0.1, -0.05) is 23.4 Å². The number of aromatic nitrogens is 4. The van der Waals surface area contributed by atoms with Crippen molar-refractivity contribution in [1.29, 1.82) is 0 Å². The van der Waals surface area contributed by atoms with E-state index in [0.717, 1.165) is 17.0 Å². The van der Waals surface area contributed by atoms with Gasteiger partial charge in [0.05, 0.1) is 12.8 Å². The summed E-state index contributed by atoms with van der Waals surface area (Å²) in [7, 11) is 1.62. The highest BCUT2D eigenvalue weighted by molar-refractivity contribution is 5.94. The van der Waals surface area contributed by atoms with Gasteiger partial charge in [-0.05, 0) is 48.0 Å². The molecule has 2 aromatic heterocycles. The molecule has 0 bridgehead atoms. The Hall–Kier alpha value is -3.74. The van der Waals surface area contributed by atoms with E-state index in [0.29, 0.717) is 23.3 Å². The first-order valence-electron chi connectivity index (χ1n) is 8.42. The second-order valence-corrected chi connectivity index (χ2v) is 5.93. The van der Waals surface area contributed by atoms with E-state index in [9.17, 15) is 4.79 Å². The standard InChI is InChI=1S/C20H17N5O2/c1-27-17-9-7-14(8-10-17)13-22-20(26)15-4-2-5-16(12-15)25-19-18(23-24-25)6-3-11-21-19/h2-12H,13H2,1H3,(H,22,26). The molecule has 4 aromatic rings. The van der Waals surface area contributed by atoms with E-state index in [1.807, 2.05) is 48.5 Å². The molecule has 0 unspecified atom stereocenters. The molecule has 27 heavy (non-hydrogen) atoms. The summed E-state index contributed by atoms with van der Waals surface area (Å²) in [5.41, 5.74) is 3.61. The van der Waals surface area contributed by atoms with Crippen LogP contribution in [-0.4, -0.2) is 33.0 Å². The molecule has 0 spiro atoms. The zero-order chi connectivity index (χ0) is 18.6. The first-order valence-corrected chi connectivity index (χ1v) is 8.42. The summed E-state index contributed by atoms with van der Waals surface area (Å²) < 4.78 is 6.76. The first-order chi connectivity index (χ1) is 13.2. The van der Waals surface area contributed by atoms with Crippen LogP contribution in [0.5, 0.6) is 5.75 Å². The lowest BCUT2D eigenvalue weighted by molar-refractivity contribution is 0.0951. The third kappa shape index (κ3) is 3.48. The van der Waals surface area contributed by atoms with Crippen LogP contribution in [0, 0.1) is 0 Å². The number of hydrogen-bond donors (Lipinski definition) is 1. The number of nitrogens with zero attached hydrogens (tertiary/aromatic N) is 4. The van der Waals surface area contributed by atoms with E-state index in [1.165, 1.54) is 0 Å². The van der Waals surface area contributed by atoms with Crippen LogP contribution >= 0.6 is 0 Å². The van der Waals surface area contributed by atoms with Crippen LogP contribution < -0.4 is 10.1 Å². The normalized spacial score (nSPS) is 10.7. The zero-order valence-corrected chi connectivity index (χ0v) is 14.7. The van der Waals surface area contributed by atoms with Crippen molar-refractivity contribution < 1.29 is 9.53 Å². The number of methoxy groups -OCH3 is 1. The minimum Gasteiger partial charge on any atom is -0.497 e. The fraction of sp³-hybridized carbons (Fsp3) is 0.100. The van der Waals surface area contributed by atoms with Gasteiger partial charge in [-0.25, -0.2) is 4.98 Å². The molecule has 0 atom stereocenters. The number of rotatable bonds is 5. The molecule has 0 aliphatic heterocycles. The van der Waals surface area contributed by atoms with Crippen LogP contribution in [0.1, 0.15) is 15.9 Å². The lowest BCUT2D eigenvalue weighted by atomic mass is 10.1. The average molecular weight is 359 g/mol. The second-order valence-electron chi connectivity index (χ2n) is 5.93. The Balaban J connectivity index is 1.52. The van der Waals surface area contributed by atoms with E-state index in [2.05, 4.69) is 20.6 Å². The van der Waals surface area contributed by atoms with Crippen molar-refractivity contribution in [3.63, 3.8) is 0 Å². The number of ether oxygens (including phenoxy) is 1. The Morgan fingerprint density at radius 3 is 2.78 bits per heavy atom. The molecule has 7 nitrogen and oxygen atoms in total.